The van der Waals surface area contributed by atoms with E-state index in [1.165, 1.54) is 4.57 Å². The summed E-state index contributed by atoms with van der Waals surface area (Å²) in [4.78, 5) is 28.8. The fourth-order valence-electron chi connectivity index (χ4n) is 4.24. The molecule has 1 atom stereocenters. The zero-order valence-corrected chi connectivity index (χ0v) is 16.1. The maximum atomic E-state index is 13.9. The number of pyridine rings is 1. The van der Waals surface area contributed by atoms with Crippen molar-refractivity contribution in [2.45, 2.75) is 32.2 Å². The molecule has 142 valence electrons. The van der Waals surface area contributed by atoms with E-state index in [0.717, 1.165) is 0 Å². The van der Waals surface area contributed by atoms with Gasteiger partial charge in [-0.25, -0.2) is 0 Å². The zero-order valence-electron chi connectivity index (χ0n) is 16.1. The lowest BCUT2D eigenvalue weighted by Gasteiger charge is -2.34. The molecule has 1 spiro atoms. The fraction of sp³-hybridized carbons (Fsp3) is 0.286. The number of amides is 1. The van der Waals surface area contributed by atoms with Crippen LogP contribution in [0, 0.1) is 18.3 Å². The van der Waals surface area contributed by atoms with Gasteiger partial charge in [0, 0.05) is 36.1 Å². The van der Waals surface area contributed by atoms with Crippen molar-refractivity contribution in [3.8, 4) is 11.8 Å². The first-order chi connectivity index (χ1) is 13.3. The maximum absolute atomic E-state index is 13.9. The molecule has 0 aliphatic carbocycles. The molecule has 2 aliphatic heterocycles. The molecule has 3 heterocycles. The molecule has 4 rings (SSSR count). The largest absolute Gasteiger partial charge is 0.440 e. The minimum atomic E-state index is -1.62. The summed E-state index contributed by atoms with van der Waals surface area (Å²) in [5, 5.41) is 9.95. The van der Waals surface area contributed by atoms with Crippen LogP contribution in [-0.4, -0.2) is 16.5 Å². The first-order valence-corrected chi connectivity index (χ1v) is 8.99. The molecule has 7 heteroatoms. The highest BCUT2D eigenvalue weighted by molar-refractivity contribution is 6.14. The number of hydrogen-bond donors (Lipinski definition) is 1. The van der Waals surface area contributed by atoms with Crippen molar-refractivity contribution in [2.75, 3.05) is 4.90 Å². The molecule has 0 unspecified atom stereocenters. The number of ether oxygens (including phenoxy) is 1. The van der Waals surface area contributed by atoms with Crippen LogP contribution >= 0.6 is 0 Å². The minimum absolute atomic E-state index is 0.0541. The summed E-state index contributed by atoms with van der Waals surface area (Å²) in [6, 6.07) is 10.8. The summed E-state index contributed by atoms with van der Waals surface area (Å²) in [5.41, 5.74) is 6.06. The molecule has 2 aromatic rings. The lowest BCUT2D eigenvalue weighted by Crippen LogP contribution is -2.51. The summed E-state index contributed by atoms with van der Waals surface area (Å²) >= 11 is 0. The van der Waals surface area contributed by atoms with E-state index in [-0.39, 0.29) is 40.3 Å². The molecule has 1 amide bonds. The minimum Gasteiger partial charge on any atom is -0.440 e. The number of hydrogen-bond acceptors (Lipinski definition) is 5. The van der Waals surface area contributed by atoms with Gasteiger partial charge in [0.1, 0.15) is 17.4 Å². The normalized spacial score (nSPS) is 20.3. The molecule has 7 nitrogen and oxygen atoms in total. The second kappa shape index (κ2) is 5.73. The molecule has 28 heavy (non-hydrogen) atoms. The lowest BCUT2D eigenvalue weighted by molar-refractivity contribution is -0.121. The molecule has 2 aliphatic rings. The molecule has 1 aromatic carbocycles. The van der Waals surface area contributed by atoms with Gasteiger partial charge in [0.15, 0.2) is 5.41 Å². The van der Waals surface area contributed by atoms with Crippen LogP contribution in [0.4, 0.5) is 5.69 Å². The molecule has 0 radical (unpaired) electrons. The van der Waals surface area contributed by atoms with E-state index in [1.54, 1.807) is 37.1 Å². The van der Waals surface area contributed by atoms with E-state index in [0.29, 0.717) is 16.9 Å². The molecule has 0 saturated heterocycles. The number of fused-ring (bicyclic) bond motifs is 4. The van der Waals surface area contributed by atoms with Gasteiger partial charge in [-0.2, -0.15) is 5.26 Å². The third-order valence-electron chi connectivity index (χ3n) is 5.59. The van der Waals surface area contributed by atoms with Crippen molar-refractivity contribution in [2.24, 2.45) is 12.8 Å². The third kappa shape index (κ3) is 1.92. The first kappa shape index (κ1) is 17.9. The van der Waals surface area contributed by atoms with Crippen molar-refractivity contribution in [3.63, 3.8) is 0 Å². The Bertz CT molecular complexity index is 1170. The highest BCUT2D eigenvalue weighted by atomic mass is 16.5. The number of nitriles is 1. The second-order valence-electron chi connectivity index (χ2n) is 7.38. The Hall–Kier alpha value is -3.53. The van der Waals surface area contributed by atoms with Gasteiger partial charge in [-0.3, -0.25) is 9.59 Å². The molecule has 0 bridgehead atoms. The standard InChI is InChI=1S/C21H20N4O3/c1-11(2)25-15-8-6-5-7-13(15)21(20(25)27)14(10-22)18(23)28-16-9-12(3)24(4)19(26)17(16)21/h5-9,11H,23H2,1-4H3/t21-/m1/s1. The summed E-state index contributed by atoms with van der Waals surface area (Å²) in [5.74, 6) is -0.309. The fourth-order valence-corrected chi connectivity index (χ4v) is 4.24. The number of aromatic nitrogens is 1. The number of nitrogens with two attached hydrogens (primary N) is 1. The van der Waals surface area contributed by atoms with Crippen LogP contribution in [0.1, 0.15) is 30.7 Å². The van der Waals surface area contributed by atoms with Crippen molar-refractivity contribution < 1.29 is 9.53 Å². The number of carbonyl (C=O) groups excluding carboxylic acids is 1. The number of anilines is 1. The van der Waals surface area contributed by atoms with Crippen LogP contribution in [0.2, 0.25) is 0 Å². The Balaban J connectivity index is 2.24. The second-order valence-corrected chi connectivity index (χ2v) is 7.38. The van der Waals surface area contributed by atoms with Crippen LogP contribution < -0.4 is 20.9 Å². The Labute approximate surface area is 162 Å². The predicted molar refractivity (Wildman–Crippen MR) is 104 cm³/mol. The van der Waals surface area contributed by atoms with E-state index in [1.807, 2.05) is 26.0 Å². The topological polar surface area (TPSA) is 101 Å². The summed E-state index contributed by atoms with van der Waals surface area (Å²) in [7, 11) is 1.63. The number of para-hydroxylation sites is 1. The number of benzene rings is 1. The summed E-state index contributed by atoms with van der Waals surface area (Å²) in [6.07, 6.45) is 0. The average Bonchev–Trinajstić information content (AvgIpc) is 2.89. The van der Waals surface area contributed by atoms with Crippen molar-refractivity contribution in [1.82, 2.24) is 4.57 Å². The molecule has 1 aromatic heterocycles. The average molecular weight is 376 g/mol. The van der Waals surface area contributed by atoms with Gasteiger partial charge >= 0.3 is 0 Å². The van der Waals surface area contributed by atoms with Crippen molar-refractivity contribution in [1.29, 1.82) is 5.26 Å². The van der Waals surface area contributed by atoms with Crippen LogP contribution in [-0.2, 0) is 17.3 Å². The SMILES string of the molecule is Cc1cc2c(c(=O)n1C)[C@]1(C(=O)N(C(C)C)c3ccccc31)C(C#N)=C(N)O2. The quantitative estimate of drug-likeness (QED) is 0.818. The molecular formula is C21H20N4O3. The van der Waals surface area contributed by atoms with E-state index in [2.05, 4.69) is 6.07 Å². The predicted octanol–water partition coefficient (Wildman–Crippen LogP) is 1.82. The third-order valence-corrected chi connectivity index (χ3v) is 5.59. The summed E-state index contributed by atoms with van der Waals surface area (Å²) < 4.78 is 7.10. The molecule has 0 saturated carbocycles. The first-order valence-electron chi connectivity index (χ1n) is 8.99. The van der Waals surface area contributed by atoms with Gasteiger partial charge in [-0.1, -0.05) is 18.2 Å². The van der Waals surface area contributed by atoms with Gasteiger partial charge in [-0.05, 0) is 26.8 Å². The number of nitrogens with zero attached hydrogens (tertiary/aromatic N) is 3. The van der Waals surface area contributed by atoms with Crippen LogP contribution in [0.5, 0.6) is 5.75 Å². The van der Waals surface area contributed by atoms with E-state index < -0.39 is 5.41 Å². The van der Waals surface area contributed by atoms with Crippen LogP contribution in [0.3, 0.4) is 0 Å². The van der Waals surface area contributed by atoms with Gasteiger partial charge in [-0.15, -0.1) is 0 Å². The lowest BCUT2D eigenvalue weighted by atomic mass is 9.69. The van der Waals surface area contributed by atoms with Crippen LogP contribution in [0.25, 0.3) is 0 Å². The highest BCUT2D eigenvalue weighted by Gasteiger charge is 2.61. The highest BCUT2D eigenvalue weighted by Crippen LogP contribution is 2.54. The Morgan fingerprint density at radius 2 is 1.93 bits per heavy atom. The number of rotatable bonds is 1. The number of aryl methyl sites for hydroxylation is 1. The Kier molecular flexibility index (Phi) is 3.66. The smallest absolute Gasteiger partial charge is 0.259 e. The Morgan fingerprint density at radius 3 is 2.57 bits per heavy atom. The molecule has 0 fully saturated rings. The molecule has 2 N–H and O–H groups in total. The van der Waals surface area contributed by atoms with Crippen LogP contribution in [0.15, 0.2) is 46.6 Å². The van der Waals surface area contributed by atoms with E-state index in [9.17, 15) is 14.9 Å². The van der Waals surface area contributed by atoms with E-state index in [4.69, 9.17) is 10.5 Å². The van der Waals surface area contributed by atoms with Gasteiger partial charge in [0.2, 0.25) is 11.8 Å². The van der Waals surface area contributed by atoms with Gasteiger partial charge < -0.3 is 19.9 Å². The van der Waals surface area contributed by atoms with Crippen molar-refractivity contribution >= 4 is 11.6 Å². The summed E-state index contributed by atoms with van der Waals surface area (Å²) in [6.45, 7) is 5.54. The van der Waals surface area contributed by atoms with Crippen molar-refractivity contribution in [3.05, 3.63) is 69.0 Å². The Morgan fingerprint density at radius 1 is 1.25 bits per heavy atom. The van der Waals surface area contributed by atoms with Gasteiger partial charge in [0.05, 0.1) is 5.56 Å². The molecular weight excluding hydrogens is 356 g/mol. The monoisotopic (exact) mass is 376 g/mol. The van der Waals surface area contributed by atoms with Gasteiger partial charge in [0.25, 0.3) is 5.56 Å². The van der Waals surface area contributed by atoms with E-state index >= 15 is 0 Å². The zero-order chi connectivity index (χ0) is 20.4. The maximum Gasteiger partial charge on any atom is 0.259 e. The number of carbonyl (C=O) groups is 1.